The Kier molecular flexibility index (Phi) is 5.94. The molecule has 2 rings (SSSR count). The Hall–Kier alpha value is -0.740. The number of nitrogens with zero attached hydrogens (tertiary/aromatic N) is 2. The van der Waals surface area contributed by atoms with E-state index in [9.17, 15) is 0 Å². The number of halogens is 3. The number of hydrogen-bond acceptors (Lipinski definition) is 2. The van der Waals surface area contributed by atoms with Crippen LogP contribution in [0.5, 0.6) is 0 Å². The number of aromatic nitrogens is 2. The Balaban J connectivity index is 2.49. The molecule has 0 aliphatic heterocycles. The third kappa shape index (κ3) is 3.92. The molecular weight excluding hydrogens is 329 g/mol. The maximum atomic E-state index is 6.34. The maximum absolute atomic E-state index is 6.34. The minimum absolute atomic E-state index is 0.0869. The van der Waals surface area contributed by atoms with Gasteiger partial charge in [-0.15, -0.1) is 0 Å². The predicted octanol–water partition coefficient (Wildman–Crippen LogP) is 4.95. The fourth-order valence-electron chi connectivity index (χ4n) is 2.31. The lowest BCUT2D eigenvalue weighted by atomic mass is 10.0. The molecule has 1 heterocycles. The van der Waals surface area contributed by atoms with Crippen LogP contribution in [0.3, 0.4) is 0 Å². The van der Waals surface area contributed by atoms with Gasteiger partial charge in [-0.05, 0) is 43.7 Å². The third-order valence-electron chi connectivity index (χ3n) is 3.22. The van der Waals surface area contributed by atoms with E-state index in [4.69, 9.17) is 34.8 Å². The molecule has 0 bridgehead atoms. The van der Waals surface area contributed by atoms with Gasteiger partial charge in [0.15, 0.2) is 0 Å². The number of aryl methyl sites for hydroxylation is 1. The van der Waals surface area contributed by atoms with Crippen LogP contribution in [0.4, 0.5) is 0 Å². The van der Waals surface area contributed by atoms with E-state index in [0.717, 1.165) is 30.8 Å². The van der Waals surface area contributed by atoms with E-state index >= 15 is 0 Å². The van der Waals surface area contributed by atoms with Gasteiger partial charge in [0.05, 0.1) is 23.0 Å². The van der Waals surface area contributed by atoms with E-state index in [-0.39, 0.29) is 6.04 Å². The Morgan fingerprint density at radius 2 is 1.81 bits per heavy atom. The topological polar surface area (TPSA) is 29.9 Å². The average molecular weight is 347 g/mol. The summed E-state index contributed by atoms with van der Waals surface area (Å²) in [5.41, 5.74) is 1.92. The number of rotatable bonds is 6. The lowest BCUT2D eigenvalue weighted by Gasteiger charge is -2.21. The fourth-order valence-corrected chi connectivity index (χ4v) is 3.11. The van der Waals surface area contributed by atoms with Crippen LogP contribution in [-0.2, 0) is 6.54 Å². The van der Waals surface area contributed by atoms with E-state index in [1.165, 1.54) is 0 Å². The zero-order valence-electron chi connectivity index (χ0n) is 12.0. The van der Waals surface area contributed by atoms with Crippen LogP contribution in [0.15, 0.2) is 24.4 Å². The SMILES string of the molecule is CCCNC(c1cc(Cl)cc(Cl)c1)c1c(Cl)cnn1CC. The molecule has 0 fully saturated rings. The van der Waals surface area contributed by atoms with Crippen molar-refractivity contribution in [2.24, 2.45) is 0 Å². The standard InChI is InChI=1S/C15H18Cl3N3/c1-3-5-19-14(10-6-11(16)8-12(17)7-10)15-13(18)9-20-21(15)4-2/h6-9,14,19H,3-5H2,1-2H3. The first-order chi connectivity index (χ1) is 10.1. The molecule has 1 aromatic carbocycles. The second kappa shape index (κ2) is 7.50. The van der Waals surface area contributed by atoms with Crippen molar-refractivity contribution >= 4 is 34.8 Å². The minimum Gasteiger partial charge on any atom is -0.305 e. The van der Waals surface area contributed by atoms with Crippen LogP contribution < -0.4 is 5.32 Å². The van der Waals surface area contributed by atoms with E-state index in [1.54, 1.807) is 12.3 Å². The quantitative estimate of drug-likeness (QED) is 0.802. The molecule has 1 aromatic heterocycles. The highest BCUT2D eigenvalue weighted by atomic mass is 35.5. The Bertz CT molecular complexity index is 590. The molecule has 21 heavy (non-hydrogen) atoms. The van der Waals surface area contributed by atoms with Crippen molar-refractivity contribution in [3.05, 3.63) is 50.7 Å². The van der Waals surface area contributed by atoms with Crippen LogP contribution >= 0.6 is 34.8 Å². The largest absolute Gasteiger partial charge is 0.305 e. The second-order valence-corrected chi connectivity index (χ2v) is 6.06. The summed E-state index contributed by atoms with van der Waals surface area (Å²) >= 11 is 18.6. The highest BCUT2D eigenvalue weighted by Gasteiger charge is 2.22. The van der Waals surface area contributed by atoms with E-state index in [0.29, 0.717) is 15.1 Å². The van der Waals surface area contributed by atoms with E-state index in [1.807, 2.05) is 23.7 Å². The number of benzene rings is 1. The maximum Gasteiger partial charge on any atom is 0.0837 e. The summed E-state index contributed by atoms with van der Waals surface area (Å²) in [5.74, 6) is 0. The van der Waals surface area contributed by atoms with Crippen molar-refractivity contribution < 1.29 is 0 Å². The lowest BCUT2D eigenvalue weighted by molar-refractivity contribution is 0.530. The van der Waals surface area contributed by atoms with Crippen molar-refractivity contribution in [3.8, 4) is 0 Å². The first kappa shape index (κ1) is 16.6. The summed E-state index contributed by atoms with van der Waals surface area (Å²) in [5, 5.41) is 9.67. The number of nitrogens with one attached hydrogen (secondary N) is 1. The van der Waals surface area contributed by atoms with Crippen molar-refractivity contribution in [1.82, 2.24) is 15.1 Å². The van der Waals surface area contributed by atoms with Gasteiger partial charge >= 0.3 is 0 Å². The van der Waals surface area contributed by atoms with Crippen molar-refractivity contribution in [2.75, 3.05) is 6.54 Å². The summed E-state index contributed by atoms with van der Waals surface area (Å²) in [6.45, 7) is 5.77. The molecule has 0 aliphatic rings. The van der Waals surface area contributed by atoms with Gasteiger partial charge in [-0.3, -0.25) is 4.68 Å². The van der Waals surface area contributed by atoms with Crippen LogP contribution in [0.1, 0.15) is 37.6 Å². The second-order valence-electron chi connectivity index (χ2n) is 4.78. The lowest BCUT2D eigenvalue weighted by Crippen LogP contribution is -2.26. The summed E-state index contributed by atoms with van der Waals surface area (Å²) in [4.78, 5) is 0. The van der Waals surface area contributed by atoms with Crippen LogP contribution in [0, 0.1) is 0 Å². The van der Waals surface area contributed by atoms with Gasteiger partial charge in [-0.1, -0.05) is 41.7 Å². The number of hydrogen-bond donors (Lipinski definition) is 1. The van der Waals surface area contributed by atoms with Gasteiger partial charge in [0.25, 0.3) is 0 Å². The highest BCUT2D eigenvalue weighted by Crippen LogP contribution is 2.31. The van der Waals surface area contributed by atoms with Gasteiger partial charge in [0, 0.05) is 16.6 Å². The molecule has 0 radical (unpaired) electrons. The zero-order valence-corrected chi connectivity index (χ0v) is 14.3. The van der Waals surface area contributed by atoms with Gasteiger partial charge in [-0.2, -0.15) is 5.10 Å². The summed E-state index contributed by atoms with van der Waals surface area (Å²) in [6, 6.07) is 5.45. The normalized spacial score (nSPS) is 12.6. The van der Waals surface area contributed by atoms with Crippen molar-refractivity contribution in [3.63, 3.8) is 0 Å². The molecule has 0 amide bonds. The molecule has 1 N–H and O–H groups in total. The summed E-state index contributed by atoms with van der Waals surface area (Å²) < 4.78 is 1.89. The highest BCUT2D eigenvalue weighted by molar-refractivity contribution is 6.34. The van der Waals surface area contributed by atoms with E-state index in [2.05, 4.69) is 17.3 Å². The average Bonchev–Trinajstić information content (AvgIpc) is 2.80. The zero-order chi connectivity index (χ0) is 15.4. The van der Waals surface area contributed by atoms with Gasteiger partial charge in [-0.25, -0.2) is 0 Å². The van der Waals surface area contributed by atoms with Crippen molar-refractivity contribution in [1.29, 1.82) is 0 Å². The molecule has 1 atom stereocenters. The van der Waals surface area contributed by atoms with Gasteiger partial charge in [0.2, 0.25) is 0 Å². The molecule has 0 saturated heterocycles. The smallest absolute Gasteiger partial charge is 0.0837 e. The molecule has 0 aliphatic carbocycles. The van der Waals surface area contributed by atoms with Crippen LogP contribution in [0.2, 0.25) is 15.1 Å². The van der Waals surface area contributed by atoms with Gasteiger partial charge in [0.1, 0.15) is 0 Å². The molecular formula is C15H18Cl3N3. The molecule has 6 heteroatoms. The predicted molar refractivity (Wildman–Crippen MR) is 89.5 cm³/mol. The summed E-state index contributed by atoms with van der Waals surface area (Å²) in [7, 11) is 0. The van der Waals surface area contributed by atoms with Crippen molar-refractivity contribution in [2.45, 2.75) is 32.9 Å². The first-order valence-electron chi connectivity index (χ1n) is 6.97. The molecule has 0 saturated carbocycles. The minimum atomic E-state index is -0.0869. The molecule has 2 aromatic rings. The molecule has 1 unspecified atom stereocenters. The monoisotopic (exact) mass is 345 g/mol. The molecule has 114 valence electrons. The van der Waals surface area contributed by atoms with Crippen LogP contribution in [-0.4, -0.2) is 16.3 Å². The Labute approximate surface area is 140 Å². The Morgan fingerprint density at radius 3 is 2.38 bits per heavy atom. The molecule has 0 spiro atoms. The fraction of sp³-hybridized carbons (Fsp3) is 0.400. The van der Waals surface area contributed by atoms with Gasteiger partial charge < -0.3 is 5.32 Å². The Morgan fingerprint density at radius 1 is 1.14 bits per heavy atom. The first-order valence-corrected chi connectivity index (χ1v) is 8.10. The van der Waals surface area contributed by atoms with E-state index < -0.39 is 0 Å². The third-order valence-corrected chi connectivity index (χ3v) is 3.95. The van der Waals surface area contributed by atoms with Crippen LogP contribution in [0.25, 0.3) is 0 Å². The summed E-state index contributed by atoms with van der Waals surface area (Å²) in [6.07, 6.45) is 2.69. The molecule has 3 nitrogen and oxygen atoms in total.